The normalized spacial score (nSPS) is 28.7. The van der Waals surface area contributed by atoms with Gasteiger partial charge in [0.05, 0.1) is 0 Å². The van der Waals surface area contributed by atoms with E-state index in [1.807, 2.05) is 0 Å². The second kappa shape index (κ2) is 3.59. The minimum atomic E-state index is -0.151. The number of carbonyl (C=O) groups excluding carboxylic acids is 2. The van der Waals surface area contributed by atoms with Gasteiger partial charge in [-0.1, -0.05) is 6.92 Å². The predicted molar refractivity (Wildman–Crippen MR) is 53.9 cm³/mol. The summed E-state index contributed by atoms with van der Waals surface area (Å²) in [7, 11) is 0. The molecule has 1 unspecified atom stereocenters. The zero-order chi connectivity index (χ0) is 11.1. The number of amides is 2. The average molecular weight is 211 g/mol. The highest BCUT2D eigenvalue weighted by molar-refractivity contribution is 6.03. The molecule has 1 aliphatic carbocycles. The third-order valence-electron chi connectivity index (χ3n) is 3.56. The Morgan fingerprint density at radius 1 is 1.47 bits per heavy atom. The minimum Gasteiger partial charge on any atom is -0.396 e. The SMILES string of the molecule is CC1CC(=O)N(CC2(CCO)CC2)C1=O. The summed E-state index contributed by atoms with van der Waals surface area (Å²) < 4.78 is 0. The summed E-state index contributed by atoms with van der Waals surface area (Å²) in [5, 5.41) is 8.91. The van der Waals surface area contributed by atoms with Crippen LogP contribution in [0, 0.1) is 11.3 Å². The first-order valence-electron chi connectivity index (χ1n) is 5.53. The second-order valence-electron chi connectivity index (χ2n) is 4.90. The highest BCUT2D eigenvalue weighted by Gasteiger charge is 2.47. The lowest BCUT2D eigenvalue weighted by molar-refractivity contribution is -0.140. The van der Waals surface area contributed by atoms with Crippen molar-refractivity contribution in [3.63, 3.8) is 0 Å². The predicted octanol–water partition coefficient (Wildman–Crippen LogP) is 0.544. The maximum Gasteiger partial charge on any atom is 0.232 e. The molecule has 4 heteroatoms. The van der Waals surface area contributed by atoms with Crippen molar-refractivity contribution < 1.29 is 14.7 Å². The molecule has 1 atom stereocenters. The Morgan fingerprint density at radius 3 is 2.53 bits per heavy atom. The van der Waals surface area contributed by atoms with Crippen molar-refractivity contribution in [2.45, 2.75) is 32.6 Å². The molecule has 0 bridgehead atoms. The lowest BCUT2D eigenvalue weighted by Gasteiger charge is -2.21. The van der Waals surface area contributed by atoms with Crippen molar-refractivity contribution in [2.75, 3.05) is 13.2 Å². The molecular weight excluding hydrogens is 194 g/mol. The second-order valence-corrected chi connectivity index (χ2v) is 4.90. The minimum absolute atomic E-state index is 0.0378. The Hall–Kier alpha value is -0.900. The van der Waals surface area contributed by atoms with Crippen LogP contribution >= 0.6 is 0 Å². The molecule has 0 aromatic carbocycles. The van der Waals surface area contributed by atoms with Gasteiger partial charge in [0.2, 0.25) is 11.8 Å². The molecule has 4 nitrogen and oxygen atoms in total. The molecule has 84 valence electrons. The molecule has 0 aromatic heterocycles. The highest BCUT2D eigenvalue weighted by Crippen LogP contribution is 2.49. The van der Waals surface area contributed by atoms with Crippen LogP contribution in [0.2, 0.25) is 0 Å². The summed E-state index contributed by atoms with van der Waals surface area (Å²) in [6.45, 7) is 2.47. The Balaban J connectivity index is 2.00. The first-order chi connectivity index (χ1) is 7.08. The first-order valence-corrected chi connectivity index (χ1v) is 5.53. The Labute approximate surface area is 89.3 Å². The third-order valence-corrected chi connectivity index (χ3v) is 3.56. The maximum atomic E-state index is 11.7. The van der Waals surface area contributed by atoms with E-state index in [4.69, 9.17) is 5.11 Å². The molecule has 1 saturated carbocycles. The molecule has 0 aromatic rings. The highest BCUT2D eigenvalue weighted by atomic mass is 16.3. The van der Waals surface area contributed by atoms with E-state index in [9.17, 15) is 9.59 Å². The van der Waals surface area contributed by atoms with Crippen molar-refractivity contribution >= 4 is 11.8 Å². The van der Waals surface area contributed by atoms with Gasteiger partial charge in [-0.2, -0.15) is 0 Å². The molecule has 1 saturated heterocycles. The fourth-order valence-electron chi connectivity index (χ4n) is 2.25. The van der Waals surface area contributed by atoms with Gasteiger partial charge in [-0.3, -0.25) is 14.5 Å². The quantitative estimate of drug-likeness (QED) is 0.691. The van der Waals surface area contributed by atoms with Crippen LogP contribution in [0.15, 0.2) is 0 Å². The molecule has 15 heavy (non-hydrogen) atoms. The molecule has 0 radical (unpaired) electrons. The number of hydrogen-bond donors (Lipinski definition) is 1. The topological polar surface area (TPSA) is 57.6 Å². The van der Waals surface area contributed by atoms with E-state index < -0.39 is 0 Å². The number of aliphatic hydroxyl groups is 1. The van der Waals surface area contributed by atoms with E-state index in [2.05, 4.69) is 0 Å². The smallest absolute Gasteiger partial charge is 0.232 e. The molecule has 1 aliphatic heterocycles. The molecular formula is C11H17NO3. The van der Waals surface area contributed by atoms with Crippen LogP contribution < -0.4 is 0 Å². The molecule has 2 aliphatic rings. The summed E-state index contributed by atoms with van der Waals surface area (Å²) in [5.74, 6) is -0.233. The largest absolute Gasteiger partial charge is 0.396 e. The van der Waals surface area contributed by atoms with E-state index in [0.717, 1.165) is 12.8 Å². The zero-order valence-corrected chi connectivity index (χ0v) is 9.03. The summed E-state index contributed by atoms with van der Waals surface area (Å²) in [6.07, 6.45) is 3.12. The van der Waals surface area contributed by atoms with Gasteiger partial charge in [-0.15, -0.1) is 0 Å². The summed E-state index contributed by atoms with van der Waals surface area (Å²) >= 11 is 0. The number of carbonyl (C=O) groups is 2. The number of imide groups is 1. The lowest BCUT2D eigenvalue weighted by Crippen LogP contribution is -2.36. The van der Waals surface area contributed by atoms with Crippen LogP contribution in [0.4, 0.5) is 0 Å². The van der Waals surface area contributed by atoms with Crippen molar-refractivity contribution in [3.8, 4) is 0 Å². The number of rotatable bonds is 4. The van der Waals surface area contributed by atoms with Crippen LogP contribution in [0.3, 0.4) is 0 Å². The number of likely N-dealkylation sites (tertiary alicyclic amines) is 1. The van der Waals surface area contributed by atoms with E-state index in [1.165, 1.54) is 4.90 Å². The number of aliphatic hydroxyl groups excluding tert-OH is 1. The van der Waals surface area contributed by atoms with Crippen molar-refractivity contribution in [1.29, 1.82) is 0 Å². The van der Waals surface area contributed by atoms with Crippen molar-refractivity contribution in [2.24, 2.45) is 11.3 Å². The monoisotopic (exact) mass is 211 g/mol. The molecule has 2 amide bonds. The van der Waals surface area contributed by atoms with Gasteiger partial charge in [0.25, 0.3) is 0 Å². The van der Waals surface area contributed by atoms with Crippen LogP contribution in [0.1, 0.15) is 32.6 Å². The van der Waals surface area contributed by atoms with Crippen LogP contribution in [0.25, 0.3) is 0 Å². The Kier molecular flexibility index (Phi) is 2.54. The summed E-state index contributed by atoms with van der Waals surface area (Å²) in [4.78, 5) is 24.6. The van der Waals surface area contributed by atoms with Crippen LogP contribution in [0.5, 0.6) is 0 Å². The Morgan fingerprint density at radius 2 is 2.13 bits per heavy atom. The molecule has 0 spiro atoms. The van der Waals surface area contributed by atoms with E-state index >= 15 is 0 Å². The van der Waals surface area contributed by atoms with Crippen LogP contribution in [-0.4, -0.2) is 35.0 Å². The molecule has 1 N–H and O–H groups in total. The van der Waals surface area contributed by atoms with Gasteiger partial charge in [0, 0.05) is 25.5 Å². The third kappa shape index (κ3) is 1.91. The van der Waals surface area contributed by atoms with Crippen LogP contribution in [-0.2, 0) is 9.59 Å². The van der Waals surface area contributed by atoms with Gasteiger partial charge >= 0.3 is 0 Å². The zero-order valence-electron chi connectivity index (χ0n) is 9.03. The van der Waals surface area contributed by atoms with Crippen molar-refractivity contribution in [1.82, 2.24) is 4.90 Å². The number of nitrogens with zero attached hydrogens (tertiary/aromatic N) is 1. The van der Waals surface area contributed by atoms with E-state index in [0.29, 0.717) is 19.4 Å². The Bertz CT molecular complexity index is 296. The van der Waals surface area contributed by atoms with E-state index in [1.54, 1.807) is 6.92 Å². The standard InChI is InChI=1S/C11H17NO3/c1-8-6-9(14)12(10(8)15)7-11(2-3-11)4-5-13/h8,13H,2-7H2,1H3. The lowest BCUT2D eigenvalue weighted by atomic mass is 10.0. The first kappa shape index (κ1) is 10.6. The summed E-state index contributed by atoms with van der Waals surface area (Å²) in [6, 6.07) is 0. The van der Waals surface area contributed by atoms with E-state index in [-0.39, 0.29) is 29.8 Å². The van der Waals surface area contributed by atoms with Gasteiger partial charge in [-0.25, -0.2) is 0 Å². The fourth-order valence-corrected chi connectivity index (χ4v) is 2.25. The summed E-state index contributed by atoms with van der Waals surface area (Å²) in [5.41, 5.74) is 0.0458. The number of hydrogen-bond acceptors (Lipinski definition) is 3. The van der Waals surface area contributed by atoms with Gasteiger partial charge in [0.15, 0.2) is 0 Å². The maximum absolute atomic E-state index is 11.7. The van der Waals surface area contributed by atoms with Gasteiger partial charge < -0.3 is 5.11 Å². The fraction of sp³-hybridized carbons (Fsp3) is 0.818. The van der Waals surface area contributed by atoms with Gasteiger partial charge in [-0.05, 0) is 24.7 Å². The molecule has 1 heterocycles. The average Bonchev–Trinajstić information content (AvgIpc) is 2.89. The molecule has 2 fully saturated rings. The van der Waals surface area contributed by atoms with Gasteiger partial charge in [0.1, 0.15) is 0 Å². The molecule has 2 rings (SSSR count). The van der Waals surface area contributed by atoms with Crippen molar-refractivity contribution in [3.05, 3.63) is 0 Å².